The zero-order valence-electron chi connectivity index (χ0n) is 13.3. The number of nitrogens with zero attached hydrogens (tertiary/aromatic N) is 2. The van der Waals surface area contributed by atoms with Crippen LogP contribution in [0.15, 0.2) is 48.7 Å². The Balaban J connectivity index is 1.91. The number of carbonyl (C=O) groups excluding carboxylic acids is 1. The summed E-state index contributed by atoms with van der Waals surface area (Å²) in [6.07, 6.45) is 1.46. The van der Waals surface area contributed by atoms with E-state index in [1.807, 2.05) is 0 Å². The molecule has 1 aromatic heterocycles. The Kier molecular flexibility index (Phi) is 5.01. The summed E-state index contributed by atoms with van der Waals surface area (Å²) in [6, 6.07) is 8.84. The lowest BCUT2D eigenvalue weighted by Gasteiger charge is -2.11. The Bertz CT molecular complexity index is 932. The summed E-state index contributed by atoms with van der Waals surface area (Å²) in [7, 11) is 0. The molecular formula is C18H13F4N3O. The maximum atomic E-state index is 13.5. The van der Waals surface area contributed by atoms with E-state index in [2.05, 4.69) is 10.4 Å². The van der Waals surface area contributed by atoms with Gasteiger partial charge in [0.25, 0.3) is 0 Å². The van der Waals surface area contributed by atoms with Crippen molar-refractivity contribution >= 4 is 11.7 Å². The lowest BCUT2D eigenvalue weighted by molar-refractivity contribution is 0.250. The van der Waals surface area contributed by atoms with E-state index < -0.39 is 30.2 Å². The molecule has 1 amide bonds. The molecule has 1 heterocycles. The lowest BCUT2D eigenvalue weighted by atomic mass is 10.0. The Morgan fingerprint density at radius 1 is 1.08 bits per heavy atom. The highest BCUT2D eigenvalue weighted by Gasteiger charge is 2.15. The second-order valence-corrected chi connectivity index (χ2v) is 5.42. The summed E-state index contributed by atoms with van der Waals surface area (Å²) in [5, 5.41) is 6.50. The number of nitrogens with one attached hydrogen (secondary N) is 1. The molecule has 0 aliphatic heterocycles. The van der Waals surface area contributed by atoms with E-state index in [0.717, 1.165) is 16.8 Å². The van der Waals surface area contributed by atoms with Crippen LogP contribution >= 0.6 is 0 Å². The van der Waals surface area contributed by atoms with E-state index in [-0.39, 0.29) is 17.7 Å². The van der Waals surface area contributed by atoms with Gasteiger partial charge in [-0.2, -0.15) is 9.78 Å². The molecule has 0 fully saturated rings. The SMILES string of the molecule is O=C(Nc1ccccc1-c1cc(F)c(F)c(F)c1)n1ccc(CCF)n1. The standard InChI is InChI=1S/C18H13F4N3O/c19-7-5-12-6-8-25(24-12)18(26)23-16-4-2-1-3-13(16)11-9-14(20)17(22)15(21)10-11/h1-4,6,8-10H,5,7H2,(H,23,26). The highest BCUT2D eigenvalue weighted by Crippen LogP contribution is 2.30. The minimum atomic E-state index is -1.56. The number of rotatable bonds is 4. The van der Waals surface area contributed by atoms with Gasteiger partial charge in [-0.15, -0.1) is 0 Å². The van der Waals surface area contributed by atoms with Crippen molar-refractivity contribution in [2.24, 2.45) is 0 Å². The summed E-state index contributed by atoms with van der Waals surface area (Å²) < 4.78 is 53.5. The van der Waals surface area contributed by atoms with Crippen LogP contribution in [0, 0.1) is 17.5 Å². The summed E-state index contributed by atoms with van der Waals surface area (Å²) in [6.45, 7) is -0.594. The number of aryl methyl sites for hydroxylation is 1. The molecule has 134 valence electrons. The molecule has 26 heavy (non-hydrogen) atoms. The summed E-state index contributed by atoms with van der Waals surface area (Å²) in [5.41, 5.74) is 1.04. The average molecular weight is 363 g/mol. The first-order valence-corrected chi connectivity index (χ1v) is 7.65. The monoisotopic (exact) mass is 363 g/mol. The second kappa shape index (κ2) is 7.38. The van der Waals surface area contributed by atoms with Gasteiger partial charge in [0, 0.05) is 18.2 Å². The molecule has 4 nitrogen and oxygen atoms in total. The van der Waals surface area contributed by atoms with Gasteiger partial charge in [-0.1, -0.05) is 18.2 Å². The molecule has 0 saturated carbocycles. The normalized spacial score (nSPS) is 10.8. The third kappa shape index (κ3) is 3.58. The number of aromatic nitrogens is 2. The highest BCUT2D eigenvalue weighted by atomic mass is 19.2. The van der Waals surface area contributed by atoms with Crippen molar-refractivity contribution in [3.63, 3.8) is 0 Å². The number of halogens is 4. The molecule has 3 rings (SSSR count). The summed E-state index contributed by atoms with van der Waals surface area (Å²) in [5.74, 6) is -4.22. The van der Waals surface area contributed by atoms with Crippen molar-refractivity contribution < 1.29 is 22.4 Å². The lowest BCUT2D eigenvalue weighted by Crippen LogP contribution is -2.20. The van der Waals surface area contributed by atoms with E-state index in [9.17, 15) is 22.4 Å². The van der Waals surface area contributed by atoms with Gasteiger partial charge < -0.3 is 5.32 Å². The summed E-state index contributed by atoms with van der Waals surface area (Å²) >= 11 is 0. The van der Waals surface area contributed by atoms with Crippen molar-refractivity contribution in [2.75, 3.05) is 12.0 Å². The molecule has 0 bridgehead atoms. The number of hydrogen-bond acceptors (Lipinski definition) is 2. The van der Waals surface area contributed by atoms with E-state index in [0.29, 0.717) is 11.3 Å². The van der Waals surface area contributed by atoms with Crippen molar-refractivity contribution in [1.29, 1.82) is 0 Å². The first kappa shape index (κ1) is 17.7. The van der Waals surface area contributed by atoms with Crippen LogP contribution in [0.3, 0.4) is 0 Å². The number of amides is 1. The van der Waals surface area contributed by atoms with Crippen LogP contribution in [0.2, 0.25) is 0 Å². The number of hydrogen-bond donors (Lipinski definition) is 1. The van der Waals surface area contributed by atoms with Gasteiger partial charge in [0.15, 0.2) is 17.5 Å². The fourth-order valence-electron chi connectivity index (χ4n) is 2.43. The molecule has 0 aliphatic rings. The van der Waals surface area contributed by atoms with Gasteiger partial charge in [-0.05, 0) is 29.8 Å². The number of anilines is 1. The number of carbonyl (C=O) groups is 1. The topological polar surface area (TPSA) is 46.9 Å². The Morgan fingerprint density at radius 3 is 2.46 bits per heavy atom. The first-order chi connectivity index (χ1) is 12.5. The third-order valence-corrected chi connectivity index (χ3v) is 3.67. The molecule has 0 saturated heterocycles. The van der Waals surface area contributed by atoms with Crippen molar-refractivity contribution in [2.45, 2.75) is 6.42 Å². The van der Waals surface area contributed by atoms with Crippen LogP contribution in [0.4, 0.5) is 28.0 Å². The van der Waals surface area contributed by atoms with Gasteiger partial charge in [0.1, 0.15) is 0 Å². The van der Waals surface area contributed by atoms with Crippen LogP contribution in [0.1, 0.15) is 5.69 Å². The highest BCUT2D eigenvalue weighted by molar-refractivity contribution is 5.95. The zero-order valence-corrected chi connectivity index (χ0v) is 13.3. The van der Waals surface area contributed by atoms with Crippen LogP contribution < -0.4 is 5.32 Å². The van der Waals surface area contributed by atoms with E-state index in [1.54, 1.807) is 12.1 Å². The maximum absolute atomic E-state index is 13.5. The van der Waals surface area contributed by atoms with Gasteiger partial charge in [-0.25, -0.2) is 18.0 Å². The smallest absolute Gasteiger partial charge is 0.305 e. The Hall–Kier alpha value is -3.16. The molecule has 0 atom stereocenters. The quantitative estimate of drug-likeness (QED) is 0.546. The maximum Gasteiger partial charge on any atom is 0.346 e. The van der Waals surface area contributed by atoms with Crippen LogP contribution in [-0.4, -0.2) is 22.5 Å². The predicted octanol–water partition coefficient (Wildman–Crippen LogP) is 4.56. The zero-order chi connectivity index (χ0) is 18.7. The van der Waals surface area contributed by atoms with E-state index >= 15 is 0 Å². The molecule has 8 heteroatoms. The third-order valence-electron chi connectivity index (χ3n) is 3.67. The second-order valence-electron chi connectivity index (χ2n) is 5.42. The predicted molar refractivity (Wildman–Crippen MR) is 88.1 cm³/mol. The Labute approximate surface area is 146 Å². The molecule has 1 N–H and O–H groups in total. The largest absolute Gasteiger partial charge is 0.346 e. The fourth-order valence-corrected chi connectivity index (χ4v) is 2.43. The van der Waals surface area contributed by atoms with Crippen molar-refractivity contribution in [3.8, 4) is 11.1 Å². The van der Waals surface area contributed by atoms with Gasteiger partial charge in [0.05, 0.1) is 18.1 Å². The average Bonchev–Trinajstić information content (AvgIpc) is 3.09. The van der Waals surface area contributed by atoms with Crippen molar-refractivity contribution in [1.82, 2.24) is 9.78 Å². The van der Waals surface area contributed by atoms with E-state index in [4.69, 9.17) is 0 Å². The van der Waals surface area contributed by atoms with Crippen LogP contribution in [0.25, 0.3) is 11.1 Å². The number of benzene rings is 2. The summed E-state index contributed by atoms with van der Waals surface area (Å²) in [4.78, 5) is 12.3. The molecular weight excluding hydrogens is 350 g/mol. The first-order valence-electron chi connectivity index (χ1n) is 7.65. The molecule has 2 aromatic carbocycles. The van der Waals surface area contributed by atoms with Crippen molar-refractivity contribution in [3.05, 3.63) is 71.8 Å². The van der Waals surface area contributed by atoms with Gasteiger partial charge in [-0.3, -0.25) is 4.39 Å². The van der Waals surface area contributed by atoms with Crippen LogP contribution in [-0.2, 0) is 6.42 Å². The number of para-hydroxylation sites is 1. The molecule has 3 aromatic rings. The minimum absolute atomic E-state index is 0.0656. The molecule has 0 aliphatic carbocycles. The number of alkyl halides is 1. The molecule has 0 spiro atoms. The van der Waals surface area contributed by atoms with E-state index in [1.165, 1.54) is 24.4 Å². The minimum Gasteiger partial charge on any atom is -0.305 e. The van der Waals surface area contributed by atoms with Gasteiger partial charge >= 0.3 is 6.03 Å². The fraction of sp³-hybridized carbons (Fsp3) is 0.111. The molecule has 0 radical (unpaired) electrons. The van der Waals surface area contributed by atoms with Crippen LogP contribution in [0.5, 0.6) is 0 Å². The van der Waals surface area contributed by atoms with Gasteiger partial charge in [0.2, 0.25) is 0 Å². The molecule has 0 unspecified atom stereocenters. The Morgan fingerprint density at radius 2 is 1.77 bits per heavy atom.